The summed E-state index contributed by atoms with van der Waals surface area (Å²) >= 11 is 0. The van der Waals surface area contributed by atoms with E-state index in [1.165, 1.54) is 44.7 Å². The molecule has 1 saturated carbocycles. The number of carbonyl (C=O) groups excluding carboxylic acids is 1. The number of piperazine rings is 1. The van der Waals surface area contributed by atoms with Gasteiger partial charge in [0.25, 0.3) is 5.91 Å². The van der Waals surface area contributed by atoms with Crippen LogP contribution in [0.15, 0.2) is 24.3 Å². The summed E-state index contributed by atoms with van der Waals surface area (Å²) in [6.45, 7) is 8.87. The van der Waals surface area contributed by atoms with Crippen molar-refractivity contribution in [1.29, 1.82) is 0 Å². The highest BCUT2D eigenvalue weighted by Gasteiger charge is 2.27. The molecule has 1 aromatic carbocycles. The first kappa shape index (κ1) is 28.6. The van der Waals surface area contributed by atoms with Crippen LogP contribution in [-0.2, 0) is 11.2 Å². The van der Waals surface area contributed by atoms with Gasteiger partial charge in [-0.3, -0.25) is 9.69 Å². The Morgan fingerprint density at radius 3 is 2.23 bits per heavy atom. The first-order valence-electron chi connectivity index (χ1n) is 15.0. The molecule has 3 fully saturated rings. The van der Waals surface area contributed by atoms with Gasteiger partial charge in [-0.25, -0.2) is 9.97 Å². The van der Waals surface area contributed by atoms with E-state index >= 15 is 0 Å². The number of carbonyl (C=O) groups is 1. The molecule has 1 aliphatic carbocycles. The average molecular weight is 551 g/mol. The number of nitrogens with zero attached hydrogens (tertiary/aromatic N) is 5. The molecule has 4 N–H and O–H groups in total. The SMILES string of the molecule is CCc1nc(C(N)=O)c(Nc2ccc(N3CCC(N4CCN(C)CC4)CC3)cc2)nc1NC1CCC(OC)CC1. The molecule has 3 heterocycles. The minimum absolute atomic E-state index is 0.167. The molecule has 0 bridgehead atoms. The van der Waals surface area contributed by atoms with Gasteiger partial charge in [-0.1, -0.05) is 6.92 Å². The molecule has 2 saturated heterocycles. The van der Waals surface area contributed by atoms with Gasteiger partial charge in [0.05, 0.1) is 11.8 Å². The standard InChI is InChI=1S/C30H46N8O2/c1-4-26-29(32-22-7-11-25(40-3)12-8-22)35-30(27(34-26)28(31)39)33-21-5-9-23(10-6-21)37-15-13-24(14-16-37)38-19-17-36(2)18-20-38/h5-6,9-10,22,24-25H,4,7-8,11-20H2,1-3H3,(H2,31,39)(H2,32,33,35). The van der Waals surface area contributed by atoms with Crippen molar-refractivity contribution >= 4 is 28.9 Å². The van der Waals surface area contributed by atoms with Crippen molar-refractivity contribution in [3.8, 4) is 0 Å². The molecule has 218 valence electrons. The van der Waals surface area contributed by atoms with Crippen LogP contribution in [0.2, 0.25) is 0 Å². The second kappa shape index (κ2) is 13.1. The maximum Gasteiger partial charge on any atom is 0.271 e. The number of likely N-dealkylation sites (N-methyl/N-ethyl adjacent to an activating group) is 1. The number of aryl methyl sites for hydroxylation is 1. The zero-order valence-electron chi connectivity index (χ0n) is 24.4. The molecule has 0 atom stereocenters. The molecule has 1 amide bonds. The largest absolute Gasteiger partial charge is 0.381 e. The van der Waals surface area contributed by atoms with Crippen LogP contribution in [0.1, 0.15) is 61.6 Å². The molecule has 3 aliphatic rings. The molecule has 5 rings (SSSR count). The van der Waals surface area contributed by atoms with Crippen molar-refractivity contribution in [3.63, 3.8) is 0 Å². The highest BCUT2D eigenvalue weighted by atomic mass is 16.5. The second-order valence-corrected chi connectivity index (χ2v) is 11.5. The van der Waals surface area contributed by atoms with Crippen LogP contribution in [0.4, 0.5) is 23.0 Å². The molecule has 1 aromatic heterocycles. The summed E-state index contributed by atoms with van der Waals surface area (Å²) in [6, 6.07) is 9.37. The molecule has 2 aliphatic heterocycles. The van der Waals surface area contributed by atoms with E-state index in [0.717, 1.165) is 56.0 Å². The van der Waals surface area contributed by atoms with Gasteiger partial charge in [0.15, 0.2) is 11.5 Å². The fraction of sp³-hybridized carbons (Fsp3) is 0.633. The number of rotatable bonds is 9. The number of amides is 1. The monoisotopic (exact) mass is 550 g/mol. The molecule has 10 heteroatoms. The maximum absolute atomic E-state index is 12.3. The minimum Gasteiger partial charge on any atom is -0.381 e. The zero-order chi connectivity index (χ0) is 28.1. The van der Waals surface area contributed by atoms with Crippen molar-refractivity contribution < 1.29 is 9.53 Å². The molecule has 0 radical (unpaired) electrons. The van der Waals surface area contributed by atoms with Crippen LogP contribution in [0.3, 0.4) is 0 Å². The van der Waals surface area contributed by atoms with Gasteiger partial charge in [-0.05, 0) is 76.3 Å². The third-order valence-electron chi connectivity index (χ3n) is 8.90. The van der Waals surface area contributed by atoms with Crippen LogP contribution in [0.25, 0.3) is 0 Å². The number of benzene rings is 1. The predicted molar refractivity (Wildman–Crippen MR) is 161 cm³/mol. The lowest BCUT2D eigenvalue weighted by Gasteiger charge is -2.42. The third-order valence-corrected chi connectivity index (χ3v) is 8.90. The van der Waals surface area contributed by atoms with Crippen LogP contribution >= 0.6 is 0 Å². The van der Waals surface area contributed by atoms with Crippen molar-refractivity contribution in [1.82, 2.24) is 19.8 Å². The lowest BCUT2D eigenvalue weighted by atomic mass is 9.93. The van der Waals surface area contributed by atoms with Crippen LogP contribution in [-0.4, -0.2) is 97.3 Å². The number of hydrogen-bond acceptors (Lipinski definition) is 9. The number of hydrogen-bond donors (Lipinski definition) is 3. The Morgan fingerprint density at radius 2 is 1.62 bits per heavy atom. The van der Waals surface area contributed by atoms with E-state index in [1.807, 2.05) is 19.1 Å². The summed E-state index contributed by atoms with van der Waals surface area (Å²) in [7, 11) is 3.99. The first-order chi connectivity index (χ1) is 19.4. The lowest BCUT2D eigenvalue weighted by molar-refractivity contribution is 0.0681. The Kier molecular flexibility index (Phi) is 9.39. The number of ether oxygens (including phenoxy) is 1. The Bertz CT molecular complexity index is 1120. The van der Waals surface area contributed by atoms with Gasteiger partial charge in [0.1, 0.15) is 5.82 Å². The Morgan fingerprint density at radius 1 is 0.950 bits per heavy atom. The van der Waals surface area contributed by atoms with Gasteiger partial charge in [-0.2, -0.15) is 0 Å². The smallest absolute Gasteiger partial charge is 0.271 e. The molecule has 2 aromatic rings. The van der Waals surface area contributed by atoms with E-state index in [4.69, 9.17) is 15.5 Å². The Labute approximate surface area is 238 Å². The van der Waals surface area contributed by atoms with Gasteiger partial charge >= 0.3 is 0 Å². The summed E-state index contributed by atoms with van der Waals surface area (Å²) in [5, 5.41) is 6.90. The highest BCUT2D eigenvalue weighted by Crippen LogP contribution is 2.29. The van der Waals surface area contributed by atoms with E-state index < -0.39 is 5.91 Å². The van der Waals surface area contributed by atoms with E-state index in [-0.39, 0.29) is 5.69 Å². The zero-order valence-corrected chi connectivity index (χ0v) is 24.4. The van der Waals surface area contributed by atoms with Crippen molar-refractivity contribution in [2.24, 2.45) is 5.73 Å². The van der Waals surface area contributed by atoms with Crippen LogP contribution in [0.5, 0.6) is 0 Å². The topological polar surface area (TPSA) is 112 Å². The van der Waals surface area contributed by atoms with Crippen molar-refractivity contribution in [3.05, 3.63) is 35.7 Å². The number of methoxy groups -OCH3 is 1. The average Bonchev–Trinajstić information content (AvgIpc) is 2.98. The number of nitrogens with two attached hydrogens (primary N) is 1. The van der Waals surface area contributed by atoms with Crippen molar-refractivity contribution in [2.75, 3.05) is 69.0 Å². The van der Waals surface area contributed by atoms with Gasteiger partial charge < -0.3 is 30.9 Å². The van der Waals surface area contributed by atoms with Crippen LogP contribution < -0.4 is 21.3 Å². The minimum atomic E-state index is -0.586. The lowest BCUT2D eigenvalue weighted by Crippen LogP contribution is -2.52. The number of aromatic nitrogens is 2. The Balaban J connectivity index is 1.23. The summed E-state index contributed by atoms with van der Waals surface area (Å²) in [5.41, 5.74) is 8.71. The fourth-order valence-corrected chi connectivity index (χ4v) is 6.30. The number of piperidine rings is 1. The van der Waals surface area contributed by atoms with Crippen molar-refractivity contribution in [2.45, 2.75) is 70.1 Å². The Hall–Kier alpha value is -2.95. The van der Waals surface area contributed by atoms with Gasteiger partial charge in [0.2, 0.25) is 0 Å². The predicted octanol–water partition coefficient (Wildman–Crippen LogP) is 3.47. The summed E-state index contributed by atoms with van der Waals surface area (Å²) in [4.78, 5) is 29.3. The summed E-state index contributed by atoms with van der Waals surface area (Å²) in [6.07, 6.45) is 7.46. The molecule has 40 heavy (non-hydrogen) atoms. The van der Waals surface area contributed by atoms with Gasteiger partial charge in [0, 0.05) is 69.8 Å². The van der Waals surface area contributed by atoms with E-state index in [0.29, 0.717) is 30.4 Å². The molecule has 0 spiro atoms. The molecular formula is C30H46N8O2. The normalized spacial score (nSPS) is 23.2. The van der Waals surface area contributed by atoms with Crippen LogP contribution in [0, 0.1) is 0 Å². The summed E-state index contributed by atoms with van der Waals surface area (Å²) < 4.78 is 5.52. The molecular weight excluding hydrogens is 504 g/mol. The van der Waals surface area contributed by atoms with E-state index in [1.54, 1.807) is 7.11 Å². The third kappa shape index (κ3) is 6.85. The first-order valence-corrected chi connectivity index (χ1v) is 15.0. The highest BCUT2D eigenvalue weighted by molar-refractivity contribution is 5.96. The maximum atomic E-state index is 12.3. The van der Waals surface area contributed by atoms with E-state index in [2.05, 4.69) is 49.5 Å². The number of anilines is 4. The van der Waals surface area contributed by atoms with Gasteiger partial charge in [-0.15, -0.1) is 0 Å². The second-order valence-electron chi connectivity index (χ2n) is 11.5. The summed E-state index contributed by atoms with van der Waals surface area (Å²) in [5.74, 6) is 0.519. The number of primary amides is 1. The molecule has 10 nitrogen and oxygen atoms in total. The molecule has 0 unspecified atom stereocenters. The fourth-order valence-electron chi connectivity index (χ4n) is 6.30. The van der Waals surface area contributed by atoms with E-state index in [9.17, 15) is 4.79 Å². The quantitative estimate of drug-likeness (QED) is 0.432. The number of nitrogens with one attached hydrogen (secondary N) is 2.